The lowest BCUT2D eigenvalue weighted by Gasteiger charge is -2.18. The lowest BCUT2D eigenvalue weighted by atomic mass is 10.0. The van der Waals surface area contributed by atoms with E-state index in [2.05, 4.69) is 50.4 Å². The van der Waals surface area contributed by atoms with Gasteiger partial charge in [-0.15, -0.1) is 0 Å². The summed E-state index contributed by atoms with van der Waals surface area (Å²) in [4.78, 5) is 0. The summed E-state index contributed by atoms with van der Waals surface area (Å²) >= 11 is 0. The van der Waals surface area contributed by atoms with Gasteiger partial charge in [0.05, 0.1) is 0 Å². The van der Waals surface area contributed by atoms with E-state index in [1.807, 2.05) is 0 Å². The molecular formula is C16H25N. The predicted octanol–water partition coefficient (Wildman–Crippen LogP) is 4.22. The van der Waals surface area contributed by atoms with Crippen LogP contribution in [0, 0.1) is 12.8 Å². The van der Waals surface area contributed by atoms with Crippen LogP contribution in [0.1, 0.15) is 56.7 Å². The average molecular weight is 231 g/mol. The quantitative estimate of drug-likeness (QED) is 0.772. The molecular weight excluding hydrogens is 206 g/mol. The topological polar surface area (TPSA) is 12.0 Å². The van der Waals surface area contributed by atoms with E-state index in [-0.39, 0.29) is 0 Å². The van der Waals surface area contributed by atoms with Crippen molar-refractivity contribution in [2.24, 2.45) is 5.92 Å². The van der Waals surface area contributed by atoms with E-state index in [1.165, 1.54) is 36.8 Å². The van der Waals surface area contributed by atoms with Gasteiger partial charge in [-0.3, -0.25) is 0 Å². The molecule has 3 atom stereocenters. The number of hydrogen-bond acceptors (Lipinski definition) is 1. The lowest BCUT2D eigenvalue weighted by Crippen LogP contribution is -2.24. The molecule has 1 aromatic rings. The van der Waals surface area contributed by atoms with E-state index >= 15 is 0 Å². The van der Waals surface area contributed by atoms with Crippen molar-refractivity contribution in [3.05, 3.63) is 35.4 Å². The number of nitrogens with one attached hydrogen (secondary N) is 1. The van der Waals surface area contributed by atoms with E-state index in [9.17, 15) is 0 Å². The third-order valence-electron chi connectivity index (χ3n) is 3.89. The van der Waals surface area contributed by atoms with Crippen molar-refractivity contribution in [2.45, 2.75) is 58.5 Å². The van der Waals surface area contributed by atoms with Gasteiger partial charge in [-0.25, -0.2) is 0 Å². The minimum atomic E-state index is 0.544. The molecule has 0 saturated heterocycles. The molecule has 1 aliphatic carbocycles. The lowest BCUT2D eigenvalue weighted by molar-refractivity contribution is 0.489. The Kier molecular flexibility index (Phi) is 4.22. The van der Waals surface area contributed by atoms with Gasteiger partial charge in [0.25, 0.3) is 0 Å². The smallest absolute Gasteiger partial charge is 0.0320 e. The molecule has 0 aromatic heterocycles. The largest absolute Gasteiger partial charge is 0.307 e. The molecule has 1 aromatic carbocycles. The van der Waals surface area contributed by atoms with E-state index < -0.39 is 0 Å². The first-order valence-electron chi connectivity index (χ1n) is 7.07. The Morgan fingerprint density at radius 1 is 1.24 bits per heavy atom. The van der Waals surface area contributed by atoms with Gasteiger partial charge in [0.2, 0.25) is 0 Å². The summed E-state index contributed by atoms with van der Waals surface area (Å²) in [7, 11) is 0. The minimum absolute atomic E-state index is 0.544. The third-order valence-corrected chi connectivity index (χ3v) is 3.89. The van der Waals surface area contributed by atoms with Gasteiger partial charge in [-0.1, -0.05) is 50.1 Å². The van der Waals surface area contributed by atoms with Crippen LogP contribution in [-0.2, 0) is 0 Å². The molecule has 3 unspecified atom stereocenters. The van der Waals surface area contributed by atoms with Gasteiger partial charge in [-0.2, -0.15) is 0 Å². The molecule has 1 N–H and O–H groups in total. The number of rotatable bonds is 6. The van der Waals surface area contributed by atoms with Crippen molar-refractivity contribution in [1.29, 1.82) is 0 Å². The first kappa shape index (κ1) is 12.6. The molecule has 0 aliphatic heterocycles. The standard InChI is InChI=1S/C16H25N/c1-4-6-14-11-16(14)17-15(5-2)13-9-7-12(3)8-10-13/h7-10,14-17H,4-6,11H2,1-3H3. The van der Waals surface area contributed by atoms with E-state index in [0.29, 0.717) is 6.04 Å². The van der Waals surface area contributed by atoms with Crippen LogP contribution in [0.15, 0.2) is 24.3 Å². The van der Waals surface area contributed by atoms with Crippen LogP contribution in [0.2, 0.25) is 0 Å². The second kappa shape index (κ2) is 5.68. The van der Waals surface area contributed by atoms with Crippen LogP contribution in [0.5, 0.6) is 0 Å². The second-order valence-electron chi connectivity index (χ2n) is 5.43. The Morgan fingerprint density at radius 3 is 2.53 bits per heavy atom. The summed E-state index contributed by atoms with van der Waals surface area (Å²) in [6.45, 7) is 6.71. The zero-order valence-corrected chi connectivity index (χ0v) is 11.4. The van der Waals surface area contributed by atoms with Gasteiger partial charge < -0.3 is 5.32 Å². The number of hydrogen-bond donors (Lipinski definition) is 1. The summed E-state index contributed by atoms with van der Waals surface area (Å²) in [6, 6.07) is 10.3. The maximum Gasteiger partial charge on any atom is 0.0320 e. The van der Waals surface area contributed by atoms with Crippen LogP contribution in [-0.4, -0.2) is 6.04 Å². The Bertz CT molecular complexity index is 341. The molecule has 1 heteroatoms. The second-order valence-corrected chi connectivity index (χ2v) is 5.43. The van der Waals surface area contributed by atoms with Crippen LogP contribution >= 0.6 is 0 Å². The van der Waals surface area contributed by atoms with Crippen molar-refractivity contribution < 1.29 is 0 Å². The molecule has 2 rings (SSSR count). The highest BCUT2D eigenvalue weighted by molar-refractivity contribution is 5.24. The molecule has 17 heavy (non-hydrogen) atoms. The highest BCUT2D eigenvalue weighted by atomic mass is 15.0. The van der Waals surface area contributed by atoms with Gasteiger partial charge in [0, 0.05) is 12.1 Å². The van der Waals surface area contributed by atoms with Gasteiger partial charge in [0.1, 0.15) is 0 Å². The number of benzene rings is 1. The molecule has 0 heterocycles. The van der Waals surface area contributed by atoms with Crippen LogP contribution in [0.25, 0.3) is 0 Å². The highest BCUT2D eigenvalue weighted by Gasteiger charge is 2.36. The molecule has 1 fully saturated rings. The normalized spacial score (nSPS) is 24.6. The Balaban J connectivity index is 1.91. The summed E-state index contributed by atoms with van der Waals surface area (Å²) < 4.78 is 0. The third kappa shape index (κ3) is 3.32. The average Bonchev–Trinajstić information content (AvgIpc) is 3.06. The summed E-state index contributed by atoms with van der Waals surface area (Å²) in [6.07, 6.45) is 5.28. The predicted molar refractivity (Wildman–Crippen MR) is 74.1 cm³/mol. The molecule has 1 aliphatic rings. The molecule has 1 nitrogen and oxygen atoms in total. The summed E-state index contributed by atoms with van der Waals surface area (Å²) in [5.41, 5.74) is 2.79. The molecule has 0 bridgehead atoms. The van der Waals surface area contributed by atoms with E-state index in [1.54, 1.807) is 0 Å². The van der Waals surface area contributed by atoms with Gasteiger partial charge >= 0.3 is 0 Å². The highest BCUT2D eigenvalue weighted by Crippen LogP contribution is 2.36. The molecule has 0 amide bonds. The van der Waals surface area contributed by atoms with Crippen molar-refractivity contribution in [2.75, 3.05) is 0 Å². The Morgan fingerprint density at radius 2 is 1.94 bits per heavy atom. The maximum absolute atomic E-state index is 3.81. The van der Waals surface area contributed by atoms with Crippen molar-refractivity contribution >= 4 is 0 Å². The zero-order valence-electron chi connectivity index (χ0n) is 11.4. The first-order valence-corrected chi connectivity index (χ1v) is 7.07. The minimum Gasteiger partial charge on any atom is -0.307 e. The van der Waals surface area contributed by atoms with E-state index in [0.717, 1.165) is 12.0 Å². The van der Waals surface area contributed by atoms with Crippen LogP contribution in [0.4, 0.5) is 0 Å². The van der Waals surface area contributed by atoms with Crippen molar-refractivity contribution in [3.63, 3.8) is 0 Å². The fourth-order valence-electron chi connectivity index (χ4n) is 2.65. The van der Waals surface area contributed by atoms with Crippen molar-refractivity contribution in [1.82, 2.24) is 5.32 Å². The summed E-state index contributed by atoms with van der Waals surface area (Å²) in [5, 5.41) is 3.81. The fourth-order valence-corrected chi connectivity index (χ4v) is 2.65. The molecule has 0 spiro atoms. The van der Waals surface area contributed by atoms with Gasteiger partial charge in [-0.05, 0) is 37.7 Å². The Hall–Kier alpha value is -0.820. The van der Waals surface area contributed by atoms with Crippen LogP contribution in [0.3, 0.4) is 0 Å². The molecule has 1 saturated carbocycles. The number of aryl methyl sites for hydroxylation is 1. The molecule has 94 valence electrons. The van der Waals surface area contributed by atoms with Gasteiger partial charge in [0.15, 0.2) is 0 Å². The molecule has 0 radical (unpaired) electrons. The fraction of sp³-hybridized carbons (Fsp3) is 0.625. The Labute approximate surface area is 106 Å². The SMILES string of the molecule is CCCC1CC1NC(CC)c1ccc(C)cc1. The summed E-state index contributed by atoms with van der Waals surface area (Å²) in [5.74, 6) is 0.944. The van der Waals surface area contributed by atoms with Crippen LogP contribution < -0.4 is 5.32 Å². The maximum atomic E-state index is 3.81. The van der Waals surface area contributed by atoms with E-state index in [4.69, 9.17) is 0 Å². The first-order chi connectivity index (χ1) is 8.24. The zero-order chi connectivity index (χ0) is 12.3. The monoisotopic (exact) mass is 231 g/mol. The van der Waals surface area contributed by atoms with Crippen molar-refractivity contribution in [3.8, 4) is 0 Å².